The number of dihydropyridines is 1. The Bertz CT molecular complexity index is 720. The van der Waals surface area contributed by atoms with E-state index in [9.17, 15) is 18.0 Å². The van der Waals surface area contributed by atoms with Crippen LogP contribution in [0.5, 0.6) is 0 Å². The van der Waals surface area contributed by atoms with Crippen LogP contribution in [0.25, 0.3) is 0 Å². The molecule has 0 saturated heterocycles. The SMILES string of the molecule is COC(=O)OC1=C(C)NC(C)=C(C)C1c1ccccc1C(F)(F)F. The fourth-order valence-corrected chi connectivity index (χ4v) is 2.72. The highest BCUT2D eigenvalue weighted by molar-refractivity contribution is 5.63. The molecule has 1 aliphatic rings. The van der Waals surface area contributed by atoms with Crippen molar-refractivity contribution in [1.29, 1.82) is 0 Å². The van der Waals surface area contributed by atoms with Crippen LogP contribution in [0.3, 0.4) is 0 Å². The summed E-state index contributed by atoms with van der Waals surface area (Å²) in [5.74, 6) is -0.732. The maximum Gasteiger partial charge on any atom is 0.513 e. The van der Waals surface area contributed by atoms with Gasteiger partial charge in [-0.1, -0.05) is 18.2 Å². The zero-order chi connectivity index (χ0) is 18.1. The van der Waals surface area contributed by atoms with Crippen LogP contribution >= 0.6 is 0 Å². The van der Waals surface area contributed by atoms with Crippen molar-refractivity contribution in [2.45, 2.75) is 32.9 Å². The monoisotopic (exact) mass is 341 g/mol. The van der Waals surface area contributed by atoms with Gasteiger partial charge in [0, 0.05) is 5.70 Å². The first kappa shape index (κ1) is 17.9. The van der Waals surface area contributed by atoms with Crippen molar-refractivity contribution in [3.8, 4) is 0 Å². The first-order chi connectivity index (χ1) is 11.2. The number of hydrogen-bond donors (Lipinski definition) is 1. The van der Waals surface area contributed by atoms with Crippen LogP contribution in [0.4, 0.5) is 18.0 Å². The molecule has 1 aliphatic heterocycles. The Hall–Kier alpha value is -2.44. The summed E-state index contributed by atoms with van der Waals surface area (Å²) in [5, 5.41) is 3.01. The summed E-state index contributed by atoms with van der Waals surface area (Å²) in [6.07, 6.45) is -5.49. The Morgan fingerprint density at radius 2 is 1.75 bits per heavy atom. The molecule has 2 rings (SSSR count). The van der Waals surface area contributed by atoms with Crippen molar-refractivity contribution in [3.63, 3.8) is 0 Å². The van der Waals surface area contributed by atoms with E-state index in [1.807, 2.05) is 0 Å². The molecule has 24 heavy (non-hydrogen) atoms. The van der Waals surface area contributed by atoms with Crippen LogP contribution in [0.2, 0.25) is 0 Å². The number of carbonyl (C=O) groups is 1. The number of benzene rings is 1. The van der Waals surface area contributed by atoms with Crippen molar-refractivity contribution in [1.82, 2.24) is 5.32 Å². The lowest BCUT2D eigenvalue weighted by Gasteiger charge is -2.31. The van der Waals surface area contributed by atoms with Crippen LogP contribution in [-0.4, -0.2) is 13.3 Å². The van der Waals surface area contributed by atoms with Crippen molar-refractivity contribution in [3.05, 3.63) is 58.1 Å². The van der Waals surface area contributed by atoms with E-state index in [1.54, 1.807) is 20.8 Å². The minimum Gasteiger partial charge on any atom is -0.437 e. The number of halogens is 3. The summed E-state index contributed by atoms with van der Waals surface area (Å²) in [6, 6.07) is 5.27. The first-order valence-corrected chi connectivity index (χ1v) is 7.24. The van der Waals surface area contributed by atoms with Gasteiger partial charge >= 0.3 is 12.3 Å². The maximum atomic E-state index is 13.4. The fourth-order valence-electron chi connectivity index (χ4n) is 2.72. The van der Waals surface area contributed by atoms with Crippen molar-refractivity contribution in [2.24, 2.45) is 0 Å². The van der Waals surface area contributed by atoms with E-state index in [-0.39, 0.29) is 11.3 Å². The van der Waals surface area contributed by atoms with Gasteiger partial charge in [0.25, 0.3) is 0 Å². The number of nitrogens with one attached hydrogen (secondary N) is 1. The average Bonchev–Trinajstić information content (AvgIpc) is 2.52. The molecule has 0 aliphatic carbocycles. The highest BCUT2D eigenvalue weighted by atomic mass is 19.4. The van der Waals surface area contributed by atoms with E-state index in [0.29, 0.717) is 17.0 Å². The quantitative estimate of drug-likeness (QED) is 0.792. The number of carbonyl (C=O) groups excluding carboxylic acids is 1. The molecule has 1 heterocycles. The number of alkyl halides is 3. The number of methoxy groups -OCH3 is 1. The molecule has 4 nitrogen and oxygen atoms in total. The lowest BCUT2D eigenvalue weighted by molar-refractivity contribution is -0.138. The first-order valence-electron chi connectivity index (χ1n) is 7.24. The van der Waals surface area contributed by atoms with E-state index < -0.39 is 23.8 Å². The topological polar surface area (TPSA) is 47.6 Å². The molecule has 7 heteroatoms. The molecule has 0 radical (unpaired) electrons. The second-order valence-electron chi connectivity index (χ2n) is 5.50. The molecule has 0 saturated carbocycles. The molecule has 0 amide bonds. The van der Waals surface area contributed by atoms with Gasteiger partial charge in [0.15, 0.2) is 0 Å². The maximum absolute atomic E-state index is 13.4. The lowest BCUT2D eigenvalue weighted by Crippen LogP contribution is -2.27. The molecule has 1 aromatic carbocycles. The normalized spacial score (nSPS) is 18.4. The summed E-state index contributed by atoms with van der Waals surface area (Å²) in [5.41, 5.74) is 1.08. The summed E-state index contributed by atoms with van der Waals surface area (Å²) < 4.78 is 49.8. The van der Waals surface area contributed by atoms with E-state index >= 15 is 0 Å². The molecule has 1 unspecified atom stereocenters. The van der Waals surface area contributed by atoms with Gasteiger partial charge in [-0.2, -0.15) is 13.2 Å². The Morgan fingerprint density at radius 3 is 2.33 bits per heavy atom. The fraction of sp³-hybridized carbons (Fsp3) is 0.353. The third-order valence-corrected chi connectivity index (χ3v) is 3.97. The summed E-state index contributed by atoms with van der Waals surface area (Å²) in [4.78, 5) is 11.5. The number of ether oxygens (including phenoxy) is 2. The summed E-state index contributed by atoms with van der Waals surface area (Å²) in [6.45, 7) is 5.10. The molecule has 0 fully saturated rings. The van der Waals surface area contributed by atoms with Gasteiger partial charge in [0.2, 0.25) is 0 Å². The minimum absolute atomic E-state index is 0.0293. The number of allylic oxidation sites excluding steroid dienone is 3. The third kappa shape index (κ3) is 3.39. The van der Waals surface area contributed by atoms with E-state index in [4.69, 9.17) is 4.74 Å². The molecule has 0 aromatic heterocycles. The van der Waals surface area contributed by atoms with Crippen LogP contribution < -0.4 is 5.32 Å². The highest BCUT2D eigenvalue weighted by Crippen LogP contribution is 2.43. The largest absolute Gasteiger partial charge is 0.513 e. The smallest absolute Gasteiger partial charge is 0.437 e. The molecule has 130 valence electrons. The van der Waals surface area contributed by atoms with E-state index in [1.165, 1.54) is 18.2 Å². The van der Waals surface area contributed by atoms with Crippen molar-refractivity contribution in [2.75, 3.05) is 7.11 Å². The van der Waals surface area contributed by atoms with Crippen molar-refractivity contribution >= 4 is 6.16 Å². The number of rotatable bonds is 2. The minimum atomic E-state index is -4.51. The predicted octanol–water partition coefficient (Wildman–Crippen LogP) is 4.70. The van der Waals surface area contributed by atoms with Gasteiger partial charge in [-0.25, -0.2) is 4.79 Å². The third-order valence-electron chi connectivity index (χ3n) is 3.97. The second-order valence-corrected chi connectivity index (χ2v) is 5.50. The van der Waals surface area contributed by atoms with Gasteiger partial charge in [-0.15, -0.1) is 0 Å². The van der Waals surface area contributed by atoms with Gasteiger partial charge in [-0.3, -0.25) is 0 Å². The Morgan fingerprint density at radius 1 is 1.12 bits per heavy atom. The molecular formula is C17H18F3NO3. The molecule has 0 bridgehead atoms. The van der Waals surface area contributed by atoms with E-state index in [0.717, 1.165) is 13.2 Å². The predicted molar refractivity (Wildman–Crippen MR) is 81.9 cm³/mol. The second kappa shape index (κ2) is 6.59. The standard InChI is InChI=1S/C17H18F3NO3/c1-9-10(2)21-11(3)15(24-16(22)23-4)14(9)12-7-5-6-8-13(12)17(18,19)20/h5-8,14,21H,1-4H3. The van der Waals surface area contributed by atoms with Crippen LogP contribution in [0, 0.1) is 0 Å². The van der Waals surface area contributed by atoms with Gasteiger partial charge in [-0.05, 0) is 38.0 Å². The zero-order valence-electron chi connectivity index (χ0n) is 13.7. The number of hydrogen-bond acceptors (Lipinski definition) is 4. The molecule has 1 aromatic rings. The van der Waals surface area contributed by atoms with Gasteiger partial charge in [0.05, 0.1) is 24.3 Å². The Labute approximate surface area is 137 Å². The van der Waals surface area contributed by atoms with Gasteiger partial charge in [0.1, 0.15) is 5.76 Å². The van der Waals surface area contributed by atoms with Crippen LogP contribution in [0.15, 0.2) is 47.0 Å². The van der Waals surface area contributed by atoms with Crippen molar-refractivity contribution < 1.29 is 27.4 Å². The van der Waals surface area contributed by atoms with Crippen LogP contribution in [0.1, 0.15) is 37.8 Å². The molecule has 0 spiro atoms. The summed E-state index contributed by atoms with van der Waals surface area (Å²) >= 11 is 0. The Balaban J connectivity index is 2.63. The lowest BCUT2D eigenvalue weighted by atomic mass is 9.83. The average molecular weight is 341 g/mol. The highest BCUT2D eigenvalue weighted by Gasteiger charge is 2.39. The van der Waals surface area contributed by atoms with E-state index in [2.05, 4.69) is 10.1 Å². The zero-order valence-corrected chi connectivity index (χ0v) is 13.7. The summed E-state index contributed by atoms with van der Waals surface area (Å²) in [7, 11) is 1.14. The Kier molecular flexibility index (Phi) is 4.91. The van der Waals surface area contributed by atoms with Gasteiger partial charge < -0.3 is 14.8 Å². The molecule has 1 atom stereocenters. The van der Waals surface area contributed by atoms with Crippen LogP contribution in [-0.2, 0) is 15.7 Å². The molecular weight excluding hydrogens is 323 g/mol. The molecule has 1 N–H and O–H groups in total.